The van der Waals surface area contributed by atoms with Crippen molar-refractivity contribution >= 4 is 21.6 Å². The lowest BCUT2D eigenvalue weighted by molar-refractivity contribution is 0.263. The molecule has 1 aliphatic rings. The van der Waals surface area contributed by atoms with E-state index in [1.165, 1.54) is 19.3 Å². The van der Waals surface area contributed by atoms with Crippen LogP contribution in [-0.4, -0.2) is 55.6 Å². The van der Waals surface area contributed by atoms with Crippen LogP contribution in [0.2, 0.25) is 0 Å². The highest BCUT2D eigenvalue weighted by Crippen LogP contribution is 2.22. The molecule has 0 aliphatic carbocycles. The molecule has 0 bridgehead atoms. The molecule has 0 aromatic rings. The third-order valence-electron chi connectivity index (χ3n) is 3.66. The molecule has 1 unspecified atom stereocenters. The predicted octanol–water partition coefficient (Wildman–Crippen LogP) is 1.71. The standard InChI is InChI=1S/C13H28N2O2S2/c1-2-19(16,17)13-12-18-11-10-15(13)9-7-5-3-4-6-8-14/h13H,2-12,14H2,1H3. The summed E-state index contributed by atoms with van der Waals surface area (Å²) in [4.78, 5) is 2.18. The quantitative estimate of drug-likeness (QED) is 0.657. The smallest absolute Gasteiger partial charge is 0.166 e. The van der Waals surface area contributed by atoms with Crippen LogP contribution in [0.1, 0.15) is 39.0 Å². The zero-order valence-corrected chi connectivity index (χ0v) is 13.6. The summed E-state index contributed by atoms with van der Waals surface area (Å²) in [5, 5.41) is -0.250. The molecule has 1 heterocycles. The third-order valence-corrected chi connectivity index (χ3v) is 6.99. The Kier molecular flexibility index (Phi) is 8.37. The van der Waals surface area contributed by atoms with Crippen molar-refractivity contribution in [2.24, 2.45) is 5.73 Å². The average Bonchev–Trinajstić information content (AvgIpc) is 2.43. The van der Waals surface area contributed by atoms with Gasteiger partial charge < -0.3 is 5.73 Å². The van der Waals surface area contributed by atoms with Crippen LogP contribution in [0.25, 0.3) is 0 Å². The molecule has 19 heavy (non-hydrogen) atoms. The van der Waals surface area contributed by atoms with Gasteiger partial charge in [-0.1, -0.05) is 26.2 Å². The zero-order chi connectivity index (χ0) is 14.1. The van der Waals surface area contributed by atoms with E-state index in [0.29, 0.717) is 0 Å². The lowest BCUT2D eigenvalue weighted by Crippen LogP contribution is -2.48. The van der Waals surface area contributed by atoms with Gasteiger partial charge in [0.25, 0.3) is 0 Å². The molecule has 2 N–H and O–H groups in total. The fourth-order valence-electron chi connectivity index (χ4n) is 2.38. The maximum absolute atomic E-state index is 12.1. The molecular weight excluding hydrogens is 280 g/mol. The van der Waals surface area contributed by atoms with Gasteiger partial charge in [0.15, 0.2) is 9.84 Å². The maximum atomic E-state index is 12.1. The fraction of sp³-hybridized carbons (Fsp3) is 1.00. The van der Waals surface area contributed by atoms with Gasteiger partial charge in [-0.15, -0.1) is 0 Å². The van der Waals surface area contributed by atoms with Gasteiger partial charge in [-0.3, -0.25) is 4.90 Å². The summed E-state index contributed by atoms with van der Waals surface area (Å²) in [6, 6.07) is 0. The van der Waals surface area contributed by atoms with Gasteiger partial charge in [0, 0.05) is 23.8 Å². The molecule has 1 rings (SSSR count). The van der Waals surface area contributed by atoms with Gasteiger partial charge in [-0.2, -0.15) is 11.8 Å². The topological polar surface area (TPSA) is 63.4 Å². The summed E-state index contributed by atoms with van der Waals surface area (Å²) in [5.41, 5.74) is 5.46. The van der Waals surface area contributed by atoms with Crippen LogP contribution in [0.5, 0.6) is 0 Å². The van der Waals surface area contributed by atoms with Crippen molar-refractivity contribution < 1.29 is 8.42 Å². The Balaban J connectivity index is 2.33. The molecule has 4 nitrogen and oxygen atoms in total. The number of hydrogen-bond acceptors (Lipinski definition) is 5. The largest absolute Gasteiger partial charge is 0.330 e. The Labute approximate surface area is 122 Å². The second kappa shape index (κ2) is 9.21. The molecule has 0 spiro atoms. The summed E-state index contributed by atoms with van der Waals surface area (Å²) < 4.78 is 24.1. The first kappa shape index (κ1) is 17.3. The lowest BCUT2D eigenvalue weighted by atomic mass is 10.1. The Morgan fingerprint density at radius 2 is 1.89 bits per heavy atom. The van der Waals surface area contributed by atoms with Crippen LogP contribution in [0.4, 0.5) is 0 Å². The highest BCUT2D eigenvalue weighted by atomic mass is 32.2. The number of rotatable bonds is 9. The molecule has 0 aromatic carbocycles. The Morgan fingerprint density at radius 1 is 1.21 bits per heavy atom. The monoisotopic (exact) mass is 308 g/mol. The number of sulfone groups is 1. The van der Waals surface area contributed by atoms with Crippen molar-refractivity contribution in [1.82, 2.24) is 4.90 Å². The molecule has 6 heteroatoms. The van der Waals surface area contributed by atoms with Crippen molar-refractivity contribution in [3.8, 4) is 0 Å². The summed E-state index contributed by atoms with van der Waals surface area (Å²) in [6.45, 7) is 4.37. The second-order valence-corrected chi connectivity index (χ2v) is 8.67. The molecule has 0 amide bonds. The van der Waals surface area contributed by atoms with Crippen LogP contribution >= 0.6 is 11.8 Å². The molecule has 0 radical (unpaired) electrons. The Morgan fingerprint density at radius 3 is 2.58 bits per heavy atom. The van der Waals surface area contributed by atoms with E-state index in [2.05, 4.69) is 4.90 Å². The summed E-state index contributed by atoms with van der Waals surface area (Å²) in [7, 11) is -2.93. The summed E-state index contributed by atoms with van der Waals surface area (Å²) >= 11 is 1.76. The Bertz CT molecular complexity index is 334. The van der Waals surface area contributed by atoms with Gasteiger partial charge in [0.05, 0.1) is 0 Å². The lowest BCUT2D eigenvalue weighted by Gasteiger charge is -2.34. The summed E-state index contributed by atoms with van der Waals surface area (Å²) in [5.74, 6) is 2.05. The van der Waals surface area contributed by atoms with Crippen molar-refractivity contribution in [3.05, 3.63) is 0 Å². The van der Waals surface area contributed by atoms with E-state index in [1.54, 1.807) is 18.7 Å². The van der Waals surface area contributed by atoms with Crippen LogP contribution in [0.3, 0.4) is 0 Å². The van der Waals surface area contributed by atoms with Crippen molar-refractivity contribution in [3.63, 3.8) is 0 Å². The Hall–Kier alpha value is 0.220. The van der Waals surface area contributed by atoms with E-state index in [0.717, 1.165) is 44.0 Å². The minimum Gasteiger partial charge on any atom is -0.330 e. The second-order valence-electron chi connectivity index (χ2n) is 5.07. The van der Waals surface area contributed by atoms with Crippen molar-refractivity contribution in [1.29, 1.82) is 0 Å². The first-order valence-electron chi connectivity index (χ1n) is 7.35. The predicted molar refractivity (Wildman–Crippen MR) is 84.3 cm³/mol. The van der Waals surface area contributed by atoms with E-state index in [1.807, 2.05) is 0 Å². The van der Waals surface area contributed by atoms with E-state index in [9.17, 15) is 8.42 Å². The maximum Gasteiger partial charge on any atom is 0.166 e. The van der Waals surface area contributed by atoms with E-state index >= 15 is 0 Å². The molecule has 1 saturated heterocycles. The van der Waals surface area contributed by atoms with Crippen LogP contribution in [0, 0.1) is 0 Å². The van der Waals surface area contributed by atoms with Gasteiger partial charge in [-0.25, -0.2) is 8.42 Å². The molecule has 0 saturated carbocycles. The molecule has 0 aromatic heterocycles. The van der Waals surface area contributed by atoms with E-state index in [4.69, 9.17) is 5.73 Å². The van der Waals surface area contributed by atoms with Gasteiger partial charge in [0.1, 0.15) is 5.37 Å². The van der Waals surface area contributed by atoms with Crippen LogP contribution in [0.15, 0.2) is 0 Å². The molecule has 1 atom stereocenters. The minimum absolute atomic E-state index is 0.250. The number of thioether (sulfide) groups is 1. The molecular formula is C13H28N2O2S2. The van der Waals surface area contributed by atoms with Crippen LogP contribution in [-0.2, 0) is 9.84 Å². The number of nitrogens with zero attached hydrogens (tertiary/aromatic N) is 1. The third kappa shape index (κ3) is 6.02. The van der Waals surface area contributed by atoms with Crippen molar-refractivity contribution in [2.45, 2.75) is 44.4 Å². The normalized spacial score (nSPS) is 21.7. The average molecular weight is 309 g/mol. The van der Waals surface area contributed by atoms with Gasteiger partial charge in [0.2, 0.25) is 0 Å². The van der Waals surface area contributed by atoms with Gasteiger partial charge in [-0.05, 0) is 25.9 Å². The molecule has 1 fully saturated rings. The highest BCUT2D eigenvalue weighted by molar-refractivity contribution is 8.01. The van der Waals surface area contributed by atoms with Crippen LogP contribution < -0.4 is 5.73 Å². The first-order valence-corrected chi connectivity index (χ1v) is 10.2. The fourth-order valence-corrected chi connectivity index (χ4v) is 5.49. The SMILES string of the molecule is CCS(=O)(=O)C1CSCCN1CCCCCCCN. The van der Waals surface area contributed by atoms with E-state index < -0.39 is 9.84 Å². The first-order chi connectivity index (χ1) is 9.11. The minimum atomic E-state index is -2.93. The number of nitrogens with two attached hydrogens (primary N) is 1. The number of hydrogen-bond donors (Lipinski definition) is 1. The molecule has 1 aliphatic heterocycles. The van der Waals surface area contributed by atoms with Crippen molar-refractivity contribution in [2.75, 3.05) is 36.9 Å². The number of unbranched alkanes of at least 4 members (excludes halogenated alkanes) is 4. The highest BCUT2D eigenvalue weighted by Gasteiger charge is 2.32. The van der Waals surface area contributed by atoms with E-state index in [-0.39, 0.29) is 11.1 Å². The summed E-state index contributed by atoms with van der Waals surface area (Å²) in [6.07, 6.45) is 5.80. The van der Waals surface area contributed by atoms with Gasteiger partial charge >= 0.3 is 0 Å². The molecule has 114 valence electrons. The zero-order valence-electron chi connectivity index (χ0n) is 12.0.